The molecule has 2 fully saturated rings. The largest absolute Gasteiger partial charge is 0.422 e. The topological polar surface area (TPSA) is 51.0 Å². The fraction of sp³-hybridized carbons (Fsp3) is 0.818. The highest BCUT2D eigenvalue weighted by Gasteiger charge is 2.36. The first-order chi connectivity index (χ1) is 7.76. The maximum Gasteiger partial charge on any atom is 0.232 e. The summed E-state index contributed by atoms with van der Waals surface area (Å²) >= 11 is 1.93. The van der Waals surface area contributed by atoms with E-state index < -0.39 is 0 Å². The standard InChI is InChI=1S/C11H17N3OS/c1-11(5-2-6-16-11)10-14-13-9(15-10)7-12-8-3-4-8/h8,12H,2-7H2,1H3. The number of aromatic nitrogens is 2. The van der Waals surface area contributed by atoms with Crippen LogP contribution in [0.1, 0.15) is 44.4 Å². The molecule has 1 atom stereocenters. The van der Waals surface area contributed by atoms with Gasteiger partial charge in [0.15, 0.2) is 0 Å². The summed E-state index contributed by atoms with van der Waals surface area (Å²) in [5.74, 6) is 2.74. The molecule has 1 saturated heterocycles. The first-order valence-corrected chi connectivity index (χ1v) is 6.95. The molecule has 1 saturated carbocycles. The molecular formula is C11H17N3OS. The predicted molar refractivity (Wildman–Crippen MR) is 63.2 cm³/mol. The zero-order chi connectivity index (χ0) is 11.0. The fourth-order valence-corrected chi connectivity index (χ4v) is 3.24. The lowest BCUT2D eigenvalue weighted by molar-refractivity contribution is 0.391. The van der Waals surface area contributed by atoms with Gasteiger partial charge < -0.3 is 9.73 Å². The first kappa shape index (κ1) is 10.6. The van der Waals surface area contributed by atoms with E-state index in [0.29, 0.717) is 6.04 Å². The molecule has 1 aromatic rings. The van der Waals surface area contributed by atoms with E-state index >= 15 is 0 Å². The summed E-state index contributed by atoms with van der Waals surface area (Å²) in [6.45, 7) is 2.93. The number of hydrogen-bond acceptors (Lipinski definition) is 5. The van der Waals surface area contributed by atoms with Crippen molar-refractivity contribution in [3.05, 3.63) is 11.8 Å². The molecule has 2 aliphatic rings. The van der Waals surface area contributed by atoms with Gasteiger partial charge in [0, 0.05) is 6.04 Å². The van der Waals surface area contributed by atoms with Gasteiger partial charge in [0.1, 0.15) is 0 Å². The Hall–Kier alpha value is -0.550. The van der Waals surface area contributed by atoms with Crippen molar-refractivity contribution in [2.24, 2.45) is 0 Å². The summed E-state index contributed by atoms with van der Waals surface area (Å²) in [6, 6.07) is 0.687. The van der Waals surface area contributed by atoms with E-state index in [1.165, 1.54) is 25.0 Å². The summed E-state index contributed by atoms with van der Waals surface area (Å²) in [5, 5.41) is 11.7. The minimum absolute atomic E-state index is 0.0603. The highest BCUT2D eigenvalue weighted by molar-refractivity contribution is 8.00. The van der Waals surface area contributed by atoms with Crippen molar-refractivity contribution >= 4 is 11.8 Å². The summed E-state index contributed by atoms with van der Waals surface area (Å²) in [4.78, 5) is 0. The third-order valence-corrected chi connectivity index (χ3v) is 4.77. The van der Waals surface area contributed by atoms with Crippen LogP contribution in [0.15, 0.2) is 4.42 Å². The maximum atomic E-state index is 5.74. The number of nitrogens with zero attached hydrogens (tertiary/aromatic N) is 2. The summed E-state index contributed by atoms with van der Waals surface area (Å²) < 4.78 is 5.80. The van der Waals surface area contributed by atoms with Crippen LogP contribution >= 0.6 is 11.8 Å². The minimum Gasteiger partial charge on any atom is -0.422 e. The van der Waals surface area contributed by atoms with E-state index in [1.807, 2.05) is 11.8 Å². The van der Waals surface area contributed by atoms with Gasteiger partial charge in [-0.05, 0) is 38.4 Å². The van der Waals surface area contributed by atoms with Crippen LogP contribution in [0.25, 0.3) is 0 Å². The van der Waals surface area contributed by atoms with Gasteiger partial charge in [-0.1, -0.05) is 0 Å². The average molecular weight is 239 g/mol. The van der Waals surface area contributed by atoms with Gasteiger partial charge in [-0.2, -0.15) is 0 Å². The van der Waals surface area contributed by atoms with Crippen molar-refractivity contribution in [3.63, 3.8) is 0 Å². The van der Waals surface area contributed by atoms with Gasteiger partial charge in [-0.15, -0.1) is 22.0 Å². The lowest BCUT2D eigenvalue weighted by Crippen LogP contribution is -2.15. The Morgan fingerprint density at radius 2 is 2.38 bits per heavy atom. The van der Waals surface area contributed by atoms with E-state index in [4.69, 9.17) is 4.42 Å². The predicted octanol–water partition coefficient (Wildman–Crippen LogP) is 2.06. The first-order valence-electron chi connectivity index (χ1n) is 5.96. The highest BCUT2D eigenvalue weighted by Crippen LogP contribution is 2.45. The lowest BCUT2D eigenvalue weighted by atomic mass is 10.1. The van der Waals surface area contributed by atoms with E-state index in [0.717, 1.165) is 24.7 Å². The zero-order valence-electron chi connectivity index (χ0n) is 9.53. The van der Waals surface area contributed by atoms with Crippen molar-refractivity contribution in [2.45, 2.75) is 49.9 Å². The van der Waals surface area contributed by atoms with Crippen molar-refractivity contribution in [1.82, 2.24) is 15.5 Å². The maximum absolute atomic E-state index is 5.74. The molecule has 4 nitrogen and oxygen atoms in total. The molecule has 1 N–H and O–H groups in total. The molecule has 2 heterocycles. The normalized spacial score (nSPS) is 29.8. The summed E-state index contributed by atoms with van der Waals surface area (Å²) in [5.41, 5.74) is 0. The van der Waals surface area contributed by atoms with Crippen LogP contribution in [0.3, 0.4) is 0 Å². The third-order valence-electron chi connectivity index (χ3n) is 3.26. The Labute approximate surface area is 99.6 Å². The van der Waals surface area contributed by atoms with Crippen molar-refractivity contribution in [3.8, 4) is 0 Å². The Balaban J connectivity index is 1.66. The second kappa shape index (κ2) is 4.04. The van der Waals surface area contributed by atoms with Gasteiger partial charge in [0.2, 0.25) is 11.8 Å². The van der Waals surface area contributed by atoms with Gasteiger partial charge >= 0.3 is 0 Å². The molecule has 5 heteroatoms. The molecule has 0 bridgehead atoms. The number of hydrogen-bond donors (Lipinski definition) is 1. The van der Waals surface area contributed by atoms with Crippen molar-refractivity contribution in [2.75, 3.05) is 5.75 Å². The molecule has 1 aromatic heterocycles. The minimum atomic E-state index is 0.0603. The Morgan fingerprint density at radius 3 is 3.06 bits per heavy atom. The molecule has 1 aliphatic heterocycles. The number of nitrogens with one attached hydrogen (secondary N) is 1. The van der Waals surface area contributed by atoms with Crippen molar-refractivity contribution < 1.29 is 4.42 Å². The SMILES string of the molecule is CC1(c2nnc(CNC3CC3)o2)CCCS1. The molecule has 0 aromatic carbocycles. The molecule has 1 aliphatic carbocycles. The Kier molecular flexibility index (Phi) is 2.67. The average Bonchev–Trinajstić information content (AvgIpc) is 2.79. The van der Waals surface area contributed by atoms with E-state index in [-0.39, 0.29) is 4.75 Å². The van der Waals surface area contributed by atoms with Crippen LogP contribution in [0.5, 0.6) is 0 Å². The molecule has 0 radical (unpaired) electrons. The van der Waals surface area contributed by atoms with Gasteiger partial charge in [-0.25, -0.2) is 0 Å². The quantitative estimate of drug-likeness (QED) is 0.871. The Bertz CT molecular complexity index is 369. The molecule has 0 spiro atoms. The molecule has 0 amide bonds. The van der Waals surface area contributed by atoms with Crippen molar-refractivity contribution in [1.29, 1.82) is 0 Å². The second-order valence-corrected chi connectivity index (χ2v) is 6.44. The molecule has 3 rings (SSSR count). The molecule has 16 heavy (non-hydrogen) atoms. The summed E-state index contributed by atoms with van der Waals surface area (Å²) in [6.07, 6.45) is 4.97. The molecular weight excluding hydrogens is 222 g/mol. The second-order valence-electron chi connectivity index (χ2n) is 4.84. The van der Waals surface area contributed by atoms with E-state index in [2.05, 4.69) is 22.4 Å². The Morgan fingerprint density at radius 1 is 1.50 bits per heavy atom. The van der Waals surface area contributed by atoms with E-state index in [1.54, 1.807) is 0 Å². The van der Waals surface area contributed by atoms with Crippen LogP contribution in [0.4, 0.5) is 0 Å². The third kappa shape index (κ3) is 2.11. The fourth-order valence-electron chi connectivity index (χ4n) is 2.01. The van der Waals surface area contributed by atoms with Crippen LogP contribution in [-0.4, -0.2) is 22.0 Å². The zero-order valence-corrected chi connectivity index (χ0v) is 10.3. The molecule has 1 unspecified atom stereocenters. The lowest BCUT2D eigenvalue weighted by Gasteiger charge is -2.16. The van der Waals surface area contributed by atoms with Gasteiger partial charge in [0.25, 0.3) is 0 Å². The van der Waals surface area contributed by atoms with Crippen LogP contribution in [-0.2, 0) is 11.3 Å². The van der Waals surface area contributed by atoms with E-state index in [9.17, 15) is 0 Å². The van der Waals surface area contributed by atoms with Gasteiger partial charge in [0.05, 0.1) is 11.3 Å². The van der Waals surface area contributed by atoms with Gasteiger partial charge in [-0.3, -0.25) is 0 Å². The summed E-state index contributed by atoms with van der Waals surface area (Å²) in [7, 11) is 0. The number of rotatable bonds is 4. The number of thioether (sulfide) groups is 1. The van der Waals surface area contributed by atoms with Crippen LogP contribution in [0, 0.1) is 0 Å². The van der Waals surface area contributed by atoms with Crippen LogP contribution in [0.2, 0.25) is 0 Å². The highest BCUT2D eigenvalue weighted by atomic mass is 32.2. The van der Waals surface area contributed by atoms with Crippen LogP contribution < -0.4 is 5.32 Å². The molecule has 88 valence electrons. The smallest absolute Gasteiger partial charge is 0.232 e. The monoisotopic (exact) mass is 239 g/mol.